The molecule has 1 heterocycles. The highest BCUT2D eigenvalue weighted by Crippen LogP contribution is 2.39. The molecule has 0 aromatic carbocycles. The van der Waals surface area contributed by atoms with Crippen LogP contribution in [-0.4, -0.2) is 11.0 Å². The molecule has 1 aliphatic carbocycles. The highest BCUT2D eigenvalue weighted by molar-refractivity contribution is 7.11. The third kappa shape index (κ3) is 2.41. The Kier molecular flexibility index (Phi) is 3.60. The molecular formula is C14H24N2S. The van der Waals surface area contributed by atoms with Crippen molar-refractivity contribution in [2.75, 3.05) is 0 Å². The van der Waals surface area contributed by atoms with E-state index in [2.05, 4.69) is 39.9 Å². The van der Waals surface area contributed by atoms with Crippen molar-refractivity contribution in [3.05, 3.63) is 15.6 Å². The fourth-order valence-electron chi connectivity index (χ4n) is 2.39. The first-order valence-electron chi connectivity index (χ1n) is 6.71. The second-order valence-electron chi connectivity index (χ2n) is 5.56. The van der Waals surface area contributed by atoms with E-state index in [-0.39, 0.29) is 5.54 Å². The molecule has 96 valence electrons. The summed E-state index contributed by atoms with van der Waals surface area (Å²) in [5, 5.41) is 5.15. The van der Waals surface area contributed by atoms with E-state index < -0.39 is 0 Å². The predicted octanol–water partition coefficient (Wildman–Crippen LogP) is 3.77. The smallest absolute Gasteiger partial charge is 0.113 e. The SMILES string of the molecule is CCC(NC1CC1)(c1nc(C)c(C)s1)C(C)C. The van der Waals surface area contributed by atoms with Gasteiger partial charge in [0.15, 0.2) is 0 Å². The molecule has 0 saturated heterocycles. The maximum absolute atomic E-state index is 4.81. The first-order valence-corrected chi connectivity index (χ1v) is 7.53. The number of rotatable bonds is 5. The van der Waals surface area contributed by atoms with Crippen LogP contribution in [0.25, 0.3) is 0 Å². The van der Waals surface area contributed by atoms with E-state index in [1.807, 2.05) is 11.3 Å². The summed E-state index contributed by atoms with van der Waals surface area (Å²) in [4.78, 5) is 6.17. The van der Waals surface area contributed by atoms with Crippen LogP contribution in [0.4, 0.5) is 0 Å². The minimum atomic E-state index is 0.0881. The maximum Gasteiger partial charge on any atom is 0.113 e. The van der Waals surface area contributed by atoms with Gasteiger partial charge in [0, 0.05) is 10.9 Å². The quantitative estimate of drug-likeness (QED) is 0.863. The average Bonchev–Trinajstić information content (AvgIpc) is 3.02. The van der Waals surface area contributed by atoms with Gasteiger partial charge in [-0.2, -0.15) is 0 Å². The van der Waals surface area contributed by atoms with Gasteiger partial charge in [-0.1, -0.05) is 20.8 Å². The number of hydrogen-bond acceptors (Lipinski definition) is 3. The van der Waals surface area contributed by atoms with Gasteiger partial charge in [0.25, 0.3) is 0 Å². The van der Waals surface area contributed by atoms with Gasteiger partial charge in [0.2, 0.25) is 0 Å². The van der Waals surface area contributed by atoms with Crippen LogP contribution >= 0.6 is 11.3 Å². The highest BCUT2D eigenvalue weighted by atomic mass is 32.1. The molecule has 0 aliphatic heterocycles. The van der Waals surface area contributed by atoms with Gasteiger partial charge in [-0.3, -0.25) is 0 Å². The van der Waals surface area contributed by atoms with Gasteiger partial charge in [0.05, 0.1) is 11.2 Å². The summed E-state index contributed by atoms with van der Waals surface area (Å²) >= 11 is 1.87. The van der Waals surface area contributed by atoms with Crippen molar-refractivity contribution in [3.63, 3.8) is 0 Å². The van der Waals surface area contributed by atoms with Crippen LogP contribution in [-0.2, 0) is 5.54 Å². The first kappa shape index (κ1) is 13.0. The lowest BCUT2D eigenvalue weighted by molar-refractivity contribution is 0.224. The number of nitrogens with one attached hydrogen (secondary N) is 1. The van der Waals surface area contributed by atoms with Crippen LogP contribution < -0.4 is 5.32 Å². The molecular weight excluding hydrogens is 228 g/mol. The fourth-order valence-corrected chi connectivity index (χ4v) is 3.68. The normalized spacial score (nSPS) is 19.6. The van der Waals surface area contributed by atoms with Gasteiger partial charge in [0.1, 0.15) is 5.01 Å². The Balaban J connectivity index is 2.36. The van der Waals surface area contributed by atoms with Crippen molar-refractivity contribution < 1.29 is 0 Å². The van der Waals surface area contributed by atoms with Gasteiger partial charge >= 0.3 is 0 Å². The summed E-state index contributed by atoms with van der Waals surface area (Å²) < 4.78 is 0. The van der Waals surface area contributed by atoms with Crippen molar-refractivity contribution in [1.82, 2.24) is 10.3 Å². The molecule has 1 fully saturated rings. The number of aryl methyl sites for hydroxylation is 2. The molecule has 1 aromatic rings. The van der Waals surface area contributed by atoms with Gasteiger partial charge in [-0.15, -0.1) is 11.3 Å². The Morgan fingerprint density at radius 1 is 1.41 bits per heavy atom. The second-order valence-corrected chi connectivity index (χ2v) is 6.76. The maximum atomic E-state index is 4.81. The molecule has 2 rings (SSSR count). The summed E-state index contributed by atoms with van der Waals surface area (Å²) in [7, 11) is 0. The summed E-state index contributed by atoms with van der Waals surface area (Å²) in [6.45, 7) is 11.2. The zero-order chi connectivity index (χ0) is 12.6. The van der Waals surface area contributed by atoms with Crippen molar-refractivity contribution >= 4 is 11.3 Å². The molecule has 1 aliphatic rings. The van der Waals surface area contributed by atoms with Crippen LogP contribution in [0.5, 0.6) is 0 Å². The number of aromatic nitrogens is 1. The Hall–Kier alpha value is -0.410. The molecule has 2 nitrogen and oxygen atoms in total. The highest BCUT2D eigenvalue weighted by Gasteiger charge is 2.41. The molecule has 1 saturated carbocycles. The topological polar surface area (TPSA) is 24.9 Å². The minimum Gasteiger partial charge on any atom is -0.302 e. The van der Waals surface area contributed by atoms with E-state index >= 15 is 0 Å². The molecule has 0 bridgehead atoms. The minimum absolute atomic E-state index is 0.0881. The zero-order valence-electron chi connectivity index (χ0n) is 11.6. The largest absolute Gasteiger partial charge is 0.302 e. The lowest BCUT2D eigenvalue weighted by Crippen LogP contribution is -2.47. The lowest BCUT2D eigenvalue weighted by Gasteiger charge is -2.36. The van der Waals surface area contributed by atoms with Gasteiger partial charge < -0.3 is 5.32 Å². The van der Waals surface area contributed by atoms with Crippen LogP contribution in [0, 0.1) is 19.8 Å². The third-order valence-corrected chi connectivity index (χ3v) is 5.24. The lowest BCUT2D eigenvalue weighted by atomic mass is 9.84. The van der Waals surface area contributed by atoms with E-state index in [1.54, 1.807) is 0 Å². The zero-order valence-corrected chi connectivity index (χ0v) is 12.4. The van der Waals surface area contributed by atoms with Crippen molar-refractivity contribution in [2.24, 2.45) is 5.92 Å². The molecule has 0 radical (unpaired) electrons. The molecule has 1 unspecified atom stereocenters. The molecule has 0 spiro atoms. The van der Waals surface area contributed by atoms with Crippen LogP contribution in [0.2, 0.25) is 0 Å². The third-order valence-electron chi connectivity index (χ3n) is 3.99. The van der Waals surface area contributed by atoms with E-state index in [1.165, 1.54) is 28.4 Å². The Morgan fingerprint density at radius 2 is 2.06 bits per heavy atom. The second kappa shape index (κ2) is 4.69. The summed E-state index contributed by atoms with van der Waals surface area (Å²) in [6, 6.07) is 0.724. The monoisotopic (exact) mass is 252 g/mol. The number of nitrogens with zero attached hydrogens (tertiary/aromatic N) is 1. The average molecular weight is 252 g/mol. The summed E-state index contributed by atoms with van der Waals surface area (Å²) in [5.41, 5.74) is 1.28. The van der Waals surface area contributed by atoms with Gasteiger partial charge in [-0.05, 0) is 39.0 Å². The van der Waals surface area contributed by atoms with E-state index in [0.717, 1.165) is 12.5 Å². The molecule has 3 heteroatoms. The van der Waals surface area contributed by atoms with Gasteiger partial charge in [-0.25, -0.2) is 4.98 Å². The molecule has 1 N–H and O–H groups in total. The van der Waals surface area contributed by atoms with Crippen LogP contribution in [0.15, 0.2) is 0 Å². The standard InChI is InChI=1S/C14H24N2S/c1-6-14(9(2)3,16-12-7-8-12)13-15-10(4)11(5)17-13/h9,12,16H,6-8H2,1-5H3. The van der Waals surface area contributed by atoms with Crippen LogP contribution in [0.3, 0.4) is 0 Å². The molecule has 1 atom stereocenters. The van der Waals surface area contributed by atoms with E-state index in [0.29, 0.717) is 5.92 Å². The van der Waals surface area contributed by atoms with E-state index in [4.69, 9.17) is 4.98 Å². The number of hydrogen-bond donors (Lipinski definition) is 1. The van der Waals surface area contributed by atoms with Crippen molar-refractivity contribution in [1.29, 1.82) is 0 Å². The Labute approximate surface area is 109 Å². The first-order chi connectivity index (χ1) is 7.99. The Bertz CT molecular complexity index is 373. The summed E-state index contributed by atoms with van der Waals surface area (Å²) in [6.07, 6.45) is 3.78. The van der Waals surface area contributed by atoms with E-state index in [9.17, 15) is 0 Å². The van der Waals surface area contributed by atoms with Crippen molar-refractivity contribution in [2.45, 2.75) is 65.5 Å². The summed E-state index contributed by atoms with van der Waals surface area (Å²) in [5.74, 6) is 0.582. The molecule has 0 amide bonds. The molecule has 1 aromatic heterocycles. The van der Waals surface area contributed by atoms with Crippen LogP contribution in [0.1, 0.15) is 55.6 Å². The fraction of sp³-hybridized carbons (Fsp3) is 0.786. The predicted molar refractivity (Wildman–Crippen MR) is 74.6 cm³/mol. The Morgan fingerprint density at radius 3 is 2.41 bits per heavy atom. The molecule has 17 heavy (non-hydrogen) atoms. The number of thiazole rings is 1. The van der Waals surface area contributed by atoms with Crippen molar-refractivity contribution in [3.8, 4) is 0 Å².